The highest BCUT2D eigenvalue weighted by molar-refractivity contribution is 7.13. The SMILES string of the molecule is CN=C(NCc1csc(N(C)C)n1)NC1CCN(C(C)c2ccccc2)CC1. The van der Waals surface area contributed by atoms with Gasteiger partial charge in [0.25, 0.3) is 0 Å². The molecule has 1 aromatic carbocycles. The Morgan fingerprint density at radius 2 is 2.00 bits per heavy atom. The molecule has 28 heavy (non-hydrogen) atoms. The van der Waals surface area contributed by atoms with Crippen LogP contribution in [0.4, 0.5) is 5.13 Å². The number of likely N-dealkylation sites (tertiary alicyclic amines) is 1. The van der Waals surface area contributed by atoms with E-state index in [1.807, 2.05) is 26.0 Å². The van der Waals surface area contributed by atoms with E-state index in [0.717, 1.165) is 42.7 Å². The number of hydrogen-bond acceptors (Lipinski definition) is 5. The van der Waals surface area contributed by atoms with Gasteiger partial charge in [-0.15, -0.1) is 11.3 Å². The maximum absolute atomic E-state index is 4.61. The van der Waals surface area contributed by atoms with Crippen molar-refractivity contribution in [3.05, 3.63) is 47.0 Å². The Morgan fingerprint density at radius 1 is 1.29 bits per heavy atom. The van der Waals surface area contributed by atoms with E-state index in [1.54, 1.807) is 11.3 Å². The highest BCUT2D eigenvalue weighted by atomic mass is 32.1. The lowest BCUT2D eigenvalue weighted by molar-refractivity contribution is 0.158. The van der Waals surface area contributed by atoms with E-state index in [0.29, 0.717) is 18.6 Å². The number of aliphatic imine (C=N–C) groups is 1. The Labute approximate surface area is 172 Å². The number of hydrogen-bond donors (Lipinski definition) is 2. The summed E-state index contributed by atoms with van der Waals surface area (Å²) in [7, 11) is 5.86. The molecule has 1 aliphatic heterocycles. The van der Waals surface area contributed by atoms with Gasteiger partial charge in [-0.05, 0) is 25.3 Å². The Kier molecular flexibility index (Phi) is 7.28. The monoisotopic (exact) mass is 400 g/mol. The average Bonchev–Trinajstić information content (AvgIpc) is 3.21. The molecule has 6 nitrogen and oxygen atoms in total. The van der Waals surface area contributed by atoms with Crippen LogP contribution in [0.5, 0.6) is 0 Å². The van der Waals surface area contributed by atoms with E-state index < -0.39 is 0 Å². The Morgan fingerprint density at radius 3 is 2.61 bits per heavy atom. The van der Waals surface area contributed by atoms with Crippen LogP contribution in [0.2, 0.25) is 0 Å². The van der Waals surface area contributed by atoms with Gasteiger partial charge in [0, 0.05) is 51.7 Å². The number of anilines is 1. The van der Waals surface area contributed by atoms with Crippen LogP contribution in [0.3, 0.4) is 0 Å². The van der Waals surface area contributed by atoms with Gasteiger partial charge in [0.05, 0.1) is 12.2 Å². The molecule has 0 radical (unpaired) electrons. The van der Waals surface area contributed by atoms with E-state index in [1.165, 1.54) is 5.56 Å². The highest BCUT2D eigenvalue weighted by Crippen LogP contribution is 2.24. The molecule has 7 heteroatoms. The lowest BCUT2D eigenvalue weighted by atomic mass is 10.0. The number of nitrogens with one attached hydrogen (secondary N) is 2. The molecular formula is C21H32N6S. The molecule has 1 unspecified atom stereocenters. The largest absolute Gasteiger partial charge is 0.354 e. The van der Waals surface area contributed by atoms with Gasteiger partial charge in [-0.1, -0.05) is 30.3 Å². The summed E-state index contributed by atoms with van der Waals surface area (Å²) in [5.74, 6) is 0.856. The first-order chi connectivity index (χ1) is 13.6. The van der Waals surface area contributed by atoms with Crippen LogP contribution < -0.4 is 15.5 Å². The van der Waals surface area contributed by atoms with Gasteiger partial charge < -0.3 is 15.5 Å². The lowest BCUT2D eigenvalue weighted by Crippen LogP contribution is -2.48. The Hall–Kier alpha value is -2.12. The number of benzene rings is 1. The van der Waals surface area contributed by atoms with Crippen molar-refractivity contribution in [1.29, 1.82) is 0 Å². The number of nitrogens with zero attached hydrogens (tertiary/aromatic N) is 4. The topological polar surface area (TPSA) is 55.8 Å². The molecule has 1 fully saturated rings. The molecule has 2 heterocycles. The van der Waals surface area contributed by atoms with E-state index in [9.17, 15) is 0 Å². The molecule has 0 aliphatic carbocycles. The second kappa shape index (κ2) is 9.89. The summed E-state index contributed by atoms with van der Waals surface area (Å²) in [6.07, 6.45) is 2.25. The Bertz CT molecular complexity index is 749. The molecule has 1 aliphatic rings. The minimum absolute atomic E-state index is 0.457. The van der Waals surface area contributed by atoms with Crippen molar-refractivity contribution < 1.29 is 0 Å². The molecule has 0 saturated carbocycles. The predicted molar refractivity (Wildman–Crippen MR) is 119 cm³/mol. The molecule has 1 aromatic heterocycles. The van der Waals surface area contributed by atoms with Crippen molar-refractivity contribution in [2.75, 3.05) is 39.1 Å². The fourth-order valence-electron chi connectivity index (χ4n) is 3.52. The van der Waals surface area contributed by atoms with Crippen LogP contribution >= 0.6 is 11.3 Å². The van der Waals surface area contributed by atoms with Gasteiger partial charge in [0.1, 0.15) is 0 Å². The third kappa shape index (κ3) is 5.45. The van der Waals surface area contributed by atoms with Crippen molar-refractivity contribution in [2.24, 2.45) is 4.99 Å². The summed E-state index contributed by atoms with van der Waals surface area (Å²) in [5.41, 5.74) is 2.44. The highest BCUT2D eigenvalue weighted by Gasteiger charge is 2.24. The molecule has 3 rings (SSSR count). The van der Waals surface area contributed by atoms with E-state index in [-0.39, 0.29) is 0 Å². The standard InChI is InChI=1S/C21H32N6S/c1-16(17-8-6-5-7-9-17)27-12-10-18(11-13-27)24-20(22-2)23-14-19-15-28-21(25-19)26(3)4/h5-9,15-16,18H,10-14H2,1-4H3,(H2,22,23,24). The fraction of sp³-hybridized carbons (Fsp3) is 0.524. The normalized spacial score (nSPS) is 17.4. The molecule has 152 valence electrons. The first kappa shape index (κ1) is 20.6. The summed E-state index contributed by atoms with van der Waals surface area (Å²) in [6, 6.07) is 11.7. The first-order valence-electron chi connectivity index (χ1n) is 9.94. The third-order valence-corrected chi connectivity index (χ3v) is 6.34. The van der Waals surface area contributed by atoms with Gasteiger partial charge in [-0.3, -0.25) is 9.89 Å². The van der Waals surface area contributed by atoms with Crippen molar-refractivity contribution in [2.45, 2.75) is 38.4 Å². The van der Waals surface area contributed by atoms with Gasteiger partial charge in [-0.25, -0.2) is 4.98 Å². The number of rotatable bonds is 6. The van der Waals surface area contributed by atoms with E-state index in [4.69, 9.17) is 0 Å². The molecular weight excluding hydrogens is 368 g/mol. The molecule has 2 aromatic rings. The van der Waals surface area contributed by atoms with Crippen molar-refractivity contribution in [3.8, 4) is 0 Å². The van der Waals surface area contributed by atoms with Crippen LogP contribution in [-0.2, 0) is 6.54 Å². The summed E-state index contributed by atoms with van der Waals surface area (Å²) < 4.78 is 0. The van der Waals surface area contributed by atoms with Gasteiger partial charge >= 0.3 is 0 Å². The van der Waals surface area contributed by atoms with Crippen LogP contribution in [0.1, 0.15) is 37.1 Å². The second-order valence-corrected chi connectivity index (χ2v) is 8.32. The Balaban J connectivity index is 1.45. The van der Waals surface area contributed by atoms with Crippen LogP contribution in [0.25, 0.3) is 0 Å². The first-order valence-corrected chi connectivity index (χ1v) is 10.8. The predicted octanol–water partition coefficient (Wildman–Crippen LogP) is 3.10. The van der Waals surface area contributed by atoms with Gasteiger partial charge in [0.15, 0.2) is 11.1 Å². The zero-order valence-electron chi connectivity index (χ0n) is 17.4. The molecule has 0 bridgehead atoms. The van der Waals surface area contributed by atoms with Gasteiger partial charge in [-0.2, -0.15) is 0 Å². The minimum Gasteiger partial charge on any atom is -0.354 e. The second-order valence-electron chi connectivity index (χ2n) is 7.48. The van der Waals surface area contributed by atoms with Gasteiger partial charge in [0.2, 0.25) is 0 Å². The zero-order valence-corrected chi connectivity index (χ0v) is 18.2. The quantitative estimate of drug-likeness (QED) is 0.576. The fourth-order valence-corrected chi connectivity index (χ4v) is 4.28. The summed E-state index contributed by atoms with van der Waals surface area (Å²) in [6.45, 7) is 5.19. The van der Waals surface area contributed by atoms with Crippen molar-refractivity contribution in [1.82, 2.24) is 20.5 Å². The average molecular weight is 401 g/mol. The summed E-state index contributed by atoms with van der Waals surface area (Å²) in [5, 5.41) is 10.1. The maximum atomic E-state index is 4.61. The zero-order chi connectivity index (χ0) is 19.9. The molecule has 2 N–H and O–H groups in total. The summed E-state index contributed by atoms with van der Waals surface area (Å²) in [4.78, 5) is 13.6. The van der Waals surface area contributed by atoms with Crippen LogP contribution in [0.15, 0.2) is 40.7 Å². The van der Waals surface area contributed by atoms with Crippen molar-refractivity contribution >= 4 is 22.4 Å². The van der Waals surface area contributed by atoms with Crippen LogP contribution in [0, 0.1) is 0 Å². The third-order valence-electron chi connectivity index (χ3n) is 5.28. The number of thiazole rings is 1. The lowest BCUT2D eigenvalue weighted by Gasteiger charge is -2.37. The molecule has 0 amide bonds. The van der Waals surface area contributed by atoms with Crippen LogP contribution in [-0.4, -0.2) is 56.1 Å². The smallest absolute Gasteiger partial charge is 0.191 e. The number of aromatic nitrogens is 1. The molecule has 1 saturated heterocycles. The van der Waals surface area contributed by atoms with E-state index >= 15 is 0 Å². The maximum Gasteiger partial charge on any atom is 0.191 e. The number of guanidine groups is 1. The minimum atomic E-state index is 0.457. The molecule has 0 spiro atoms. The summed E-state index contributed by atoms with van der Waals surface area (Å²) >= 11 is 1.66. The van der Waals surface area contributed by atoms with Crippen molar-refractivity contribution in [3.63, 3.8) is 0 Å². The van der Waals surface area contributed by atoms with E-state index in [2.05, 4.69) is 68.1 Å². The molecule has 1 atom stereocenters. The number of piperidine rings is 1.